The van der Waals surface area contributed by atoms with Gasteiger partial charge in [-0.25, -0.2) is 0 Å². The van der Waals surface area contributed by atoms with E-state index in [-0.39, 0.29) is 11.9 Å². The van der Waals surface area contributed by atoms with Crippen LogP contribution in [0, 0.1) is 0 Å². The van der Waals surface area contributed by atoms with Crippen LogP contribution in [0.2, 0.25) is 0 Å². The fourth-order valence-corrected chi connectivity index (χ4v) is 2.27. The Morgan fingerprint density at radius 2 is 2.21 bits per heavy atom. The van der Waals surface area contributed by atoms with E-state index in [0.29, 0.717) is 6.54 Å². The average Bonchev–Trinajstić information content (AvgIpc) is 2.92. The molecule has 1 atom stereocenters. The predicted molar refractivity (Wildman–Crippen MR) is 73.8 cm³/mol. The highest BCUT2D eigenvalue weighted by Crippen LogP contribution is 2.05. The van der Waals surface area contributed by atoms with Crippen LogP contribution in [0.5, 0.6) is 0 Å². The Hall–Kier alpha value is -1.40. The molecule has 1 unspecified atom stereocenters. The number of H-pyrrole nitrogens is 1. The van der Waals surface area contributed by atoms with Crippen LogP contribution in [0.3, 0.4) is 0 Å². The van der Waals surface area contributed by atoms with Gasteiger partial charge in [0.2, 0.25) is 5.91 Å². The molecular weight excluding hydrogens is 242 g/mol. The molecule has 1 aliphatic rings. The third-order valence-electron chi connectivity index (χ3n) is 3.73. The fourth-order valence-electron chi connectivity index (χ4n) is 2.27. The predicted octanol–water partition coefficient (Wildman–Crippen LogP) is -0.296. The number of likely N-dealkylation sites (N-methyl/N-ethyl adjacent to an activating group) is 1. The molecule has 1 aliphatic heterocycles. The molecule has 1 fully saturated rings. The Morgan fingerprint density at radius 1 is 1.47 bits per heavy atom. The van der Waals surface area contributed by atoms with Crippen molar-refractivity contribution in [1.29, 1.82) is 0 Å². The highest BCUT2D eigenvalue weighted by Gasteiger charge is 2.23. The molecular formula is C13H23N5O. The number of rotatable bonds is 5. The Bertz CT molecular complexity index is 384. The van der Waals surface area contributed by atoms with E-state index in [1.165, 1.54) is 0 Å². The standard InChI is InChI=1S/C13H23N5O/c1-11(18-7-5-17(2)6-8-18)13(19)14-4-3-12-9-15-16-10-12/h9-11H,3-8H2,1-2H3,(H,14,19)(H,15,16). The van der Waals surface area contributed by atoms with Crippen LogP contribution in [0.25, 0.3) is 0 Å². The van der Waals surface area contributed by atoms with Crippen LogP contribution < -0.4 is 5.32 Å². The van der Waals surface area contributed by atoms with Crippen LogP contribution >= 0.6 is 0 Å². The van der Waals surface area contributed by atoms with Crippen LogP contribution in [-0.4, -0.2) is 71.7 Å². The molecule has 2 rings (SSSR count). The molecule has 1 aromatic rings. The number of aromatic amines is 1. The summed E-state index contributed by atoms with van der Waals surface area (Å²) >= 11 is 0. The summed E-state index contributed by atoms with van der Waals surface area (Å²) in [4.78, 5) is 16.6. The molecule has 0 aliphatic carbocycles. The normalized spacial score (nSPS) is 19.3. The number of carbonyl (C=O) groups excluding carboxylic acids is 1. The van der Waals surface area contributed by atoms with Gasteiger partial charge in [-0.05, 0) is 26.0 Å². The van der Waals surface area contributed by atoms with Gasteiger partial charge >= 0.3 is 0 Å². The second-order valence-corrected chi connectivity index (χ2v) is 5.16. The first kappa shape index (κ1) is 14.0. The van der Waals surface area contributed by atoms with E-state index in [2.05, 4.69) is 32.4 Å². The Morgan fingerprint density at radius 3 is 2.84 bits per heavy atom. The number of amides is 1. The lowest BCUT2D eigenvalue weighted by Gasteiger charge is -2.35. The monoisotopic (exact) mass is 265 g/mol. The number of piperazine rings is 1. The average molecular weight is 265 g/mol. The minimum absolute atomic E-state index is 0.0435. The largest absolute Gasteiger partial charge is 0.354 e. The lowest BCUT2D eigenvalue weighted by Crippen LogP contribution is -2.53. The first-order valence-electron chi connectivity index (χ1n) is 6.85. The van der Waals surface area contributed by atoms with Crippen molar-refractivity contribution in [2.75, 3.05) is 39.8 Å². The molecule has 0 aromatic carbocycles. The number of nitrogens with one attached hydrogen (secondary N) is 2. The van der Waals surface area contributed by atoms with E-state index in [1.807, 2.05) is 13.1 Å². The van der Waals surface area contributed by atoms with Gasteiger partial charge in [-0.3, -0.25) is 14.8 Å². The molecule has 106 valence electrons. The number of nitrogens with zero attached hydrogens (tertiary/aromatic N) is 3. The van der Waals surface area contributed by atoms with Gasteiger partial charge in [0.25, 0.3) is 0 Å². The Balaban J connectivity index is 1.70. The Kier molecular flexibility index (Phi) is 4.93. The molecule has 2 N–H and O–H groups in total. The van der Waals surface area contributed by atoms with Gasteiger partial charge in [0.1, 0.15) is 0 Å². The first-order chi connectivity index (χ1) is 9.16. The van der Waals surface area contributed by atoms with Crippen molar-refractivity contribution in [3.8, 4) is 0 Å². The van der Waals surface area contributed by atoms with E-state index in [4.69, 9.17) is 0 Å². The molecule has 6 heteroatoms. The highest BCUT2D eigenvalue weighted by molar-refractivity contribution is 5.81. The van der Waals surface area contributed by atoms with Crippen LogP contribution in [0.1, 0.15) is 12.5 Å². The van der Waals surface area contributed by atoms with Crippen molar-refractivity contribution >= 4 is 5.91 Å². The van der Waals surface area contributed by atoms with E-state index >= 15 is 0 Å². The molecule has 0 saturated carbocycles. The van der Waals surface area contributed by atoms with Crippen LogP contribution in [0.4, 0.5) is 0 Å². The number of hydrogen-bond acceptors (Lipinski definition) is 4. The van der Waals surface area contributed by atoms with E-state index in [1.54, 1.807) is 6.20 Å². The summed E-state index contributed by atoms with van der Waals surface area (Å²) in [5, 5.41) is 9.65. The highest BCUT2D eigenvalue weighted by atomic mass is 16.2. The number of hydrogen-bond donors (Lipinski definition) is 2. The van der Waals surface area contributed by atoms with Gasteiger partial charge in [0.05, 0.1) is 12.2 Å². The van der Waals surface area contributed by atoms with Gasteiger partial charge in [-0.2, -0.15) is 5.10 Å². The molecule has 19 heavy (non-hydrogen) atoms. The maximum Gasteiger partial charge on any atom is 0.237 e. The topological polar surface area (TPSA) is 64.3 Å². The van der Waals surface area contributed by atoms with Crippen molar-refractivity contribution in [3.63, 3.8) is 0 Å². The molecule has 0 spiro atoms. The molecule has 6 nitrogen and oxygen atoms in total. The summed E-state index contributed by atoms with van der Waals surface area (Å²) < 4.78 is 0. The number of carbonyl (C=O) groups is 1. The zero-order valence-corrected chi connectivity index (χ0v) is 11.7. The van der Waals surface area contributed by atoms with E-state index in [0.717, 1.165) is 38.2 Å². The third-order valence-corrected chi connectivity index (χ3v) is 3.73. The minimum Gasteiger partial charge on any atom is -0.354 e. The van der Waals surface area contributed by atoms with Gasteiger partial charge in [0.15, 0.2) is 0 Å². The van der Waals surface area contributed by atoms with Crippen LogP contribution in [-0.2, 0) is 11.2 Å². The maximum absolute atomic E-state index is 12.1. The lowest BCUT2D eigenvalue weighted by atomic mass is 10.2. The second kappa shape index (κ2) is 6.68. The third kappa shape index (κ3) is 4.04. The van der Waals surface area contributed by atoms with Gasteiger partial charge in [-0.1, -0.05) is 0 Å². The smallest absolute Gasteiger partial charge is 0.237 e. The summed E-state index contributed by atoms with van der Waals surface area (Å²) in [6.45, 7) is 6.65. The molecule has 1 aromatic heterocycles. The molecule has 2 heterocycles. The number of aromatic nitrogens is 2. The SMILES string of the molecule is CC(C(=O)NCCc1cn[nH]c1)N1CCN(C)CC1. The summed E-state index contributed by atoms with van der Waals surface area (Å²) in [5.41, 5.74) is 1.12. The summed E-state index contributed by atoms with van der Waals surface area (Å²) in [7, 11) is 2.12. The van der Waals surface area contributed by atoms with Crippen molar-refractivity contribution in [2.45, 2.75) is 19.4 Å². The van der Waals surface area contributed by atoms with E-state index < -0.39 is 0 Å². The summed E-state index contributed by atoms with van der Waals surface area (Å²) in [6, 6.07) is -0.0435. The first-order valence-corrected chi connectivity index (χ1v) is 6.85. The van der Waals surface area contributed by atoms with Crippen molar-refractivity contribution in [2.24, 2.45) is 0 Å². The zero-order valence-electron chi connectivity index (χ0n) is 11.7. The van der Waals surface area contributed by atoms with Gasteiger partial charge in [0, 0.05) is 38.9 Å². The van der Waals surface area contributed by atoms with Crippen molar-refractivity contribution < 1.29 is 4.79 Å². The summed E-state index contributed by atoms with van der Waals surface area (Å²) in [5.74, 6) is 0.119. The molecule has 1 amide bonds. The summed E-state index contributed by atoms with van der Waals surface area (Å²) in [6.07, 6.45) is 4.46. The minimum atomic E-state index is -0.0435. The fraction of sp³-hybridized carbons (Fsp3) is 0.692. The molecule has 1 saturated heterocycles. The van der Waals surface area contributed by atoms with Crippen molar-refractivity contribution in [1.82, 2.24) is 25.3 Å². The Labute approximate surface area is 114 Å². The van der Waals surface area contributed by atoms with Gasteiger partial charge in [-0.15, -0.1) is 0 Å². The van der Waals surface area contributed by atoms with Gasteiger partial charge < -0.3 is 10.2 Å². The quantitative estimate of drug-likeness (QED) is 0.767. The lowest BCUT2D eigenvalue weighted by molar-refractivity contribution is -0.126. The maximum atomic E-state index is 12.1. The second-order valence-electron chi connectivity index (χ2n) is 5.16. The van der Waals surface area contributed by atoms with E-state index in [9.17, 15) is 4.79 Å². The van der Waals surface area contributed by atoms with Crippen LogP contribution in [0.15, 0.2) is 12.4 Å². The molecule has 0 bridgehead atoms. The van der Waals surface area contributed by atoms with Crippen molar-refractivity contribution in [3.05, 3.63) is 18.0 Å². The zero-order chi connectivity index (χ0) is 13.7. The molecule has 0 radical (unpaired) electrons.